The fourth-order valence-electron chi connectivity index (χ4n) is 0.671. The second kappa shape index (κ2) is 18.6. The Balaban J connectivity index is -0.000000147. The van der Waals surface area contributed by atoms with E-state index in [9.17, 15) is 0 Å². The van der Waals surface area contributed by atoms with Crippen LogP contribution in [0.2, 0.25) is 0 Å². The van der Waals surface area contributed by atoms with Gasteiger partial charge in [0.2, 0.25) is 0 Å². The van der Waals surface area contributed by atoms with Gasteiger partial charge in [-0.2, -0.15) is 0 Å². The summed E-state index contributed by atoms with van der Waals surface area (Å²) < 4.78 is 0. The molecule has 1 N–H and O–H groups in total. The first-order valence-electron chi connectivity index (χ1n) is 5.41. The van der Waals surface area contributed by atoms with E-state index in [0.717, 1.165) is 0 Å². The van der Waals surface area contributed by atoms with Crippen molar-refractivity contribution >= 4 is 0 Å². The second-order valence-corrected chi connectivity index (χ2v) is 3.46. The van der Waals surface area contributed by atoms with Gasteiger partial charge in [0.1, 0.15) is 0 Å². The van der Waals surface area contributed by atoms with Crippen molar-refractivity contribution in [3.8, 4) is 0 Å². The summed E-state index contributed by atoms with van der Waals surface area (Å²) in [7, 11) is 9.75. The lowest BCUT2D eigenvalue weighted by molar-refractivity contribution is 0.321. The number of hydrogen-bond donors (Lipinski definition) is 1. The van der Waals surface area contributed by atoms with E-state index < -0.39 is 0 Å². The minimum absolute atomic E-state index is 1.19. The van der Waals surface area contributed by atoms with E-state index in [4.69, 9.17) is 0 Å². The topological polar surface area (TPSA) is 18.5 Å². The average molecular weight is 205 g/mol. The first-order chi connectivity index (χ1) is 6.49. The molecule has 0 atom stereocenters. The first kappa shape index (κ1) is 19.5. The maximum Gasteiger partial charge on any atom is -0.00474 e. The molecule has 14 heavy (non-hydrogen) atoms. The van der Waals surface area contributed by atoms with Crippen LogP contribution in [0.15, 0.2) is 0 Å². The smallest absolute Gasteiger partial charge is 0.00474 e. The fourth-order valence-corrected chi connectivity index (χ4v) is 0.671. The molecule has 0 heterocycles. The lowest BCUT2D eigenvalue weighted by Gasteiger charge is -2.13. The van der Waals surface area contributed by atoms with Crippen LogP contribution in [-0.4, -0.2) is 64.7 Å². The Hall–Kier alpha value is -0.120. The van der Waals surface area contributed by atoms with Crippen molar-refractivity contribution in [2.24, 2.45) is 0 Å². The van der Waals surface area contributed by atoms with Crippen molar-refractivity contribution in [2.45, 2.75) is 20.8 Å². The van der Waals surface area contributed by atoms with Crippen LogP contribution in [0, 0.1) is 0 Å². The third-order valence-corrected chi connectivity index (χ3v) is 1.34. The molecule has 0 saturated heterocycles. The zero-order valence-electron chi connectivity index (χ0n) is 11.5. The molecular formula is C11H31N3. The number of hydrogen-bond acceptors (Lipinski definition) is 3. The summed E-state index contributed by atoms with van der Waals surface area (Å²) >= 11 is 0. The fraction of sp³-hybridized carbons (Fsp3) is 1.00. The molecule has 0 aliphatic heterocycles. The molecule has 0 aromatic carbocycles. The maximum absolute atomic E-state index is 2.75. The van der Waals surface area contributed by atoms with E-state index in [1.54, 1.807) is 0 Å². The molecule has 0 rings (SSSR count). The molecule has 0 bridgehead atoms. The van der Waals surface area contributed by atoms with Crippen molar-refractivity contribution in [1.29, 1.82) is 0 Å². The average Bonchev–Trinajstić information content (AvgIpc) is 2.08. The van der Waals surface area contributed by atoms with Gasteiger partial charge in [-0.3, -0.25) is 0 Å². The quantitative estimate of drug-likeness (QED) is 0.750. The molecule has 0 aromatic rings. The predicted octanol–water partition coefficient (Wildman–Crippen LogP) is 1.36. The van der Waals surface area contributed by atoms with Gasteiger partial charge in [-0.15, -0.1) is 0 Å². The van der Waals surface area contributed by atoms with Gasteiger partial charge in [-0.05, 0) is 54.9 Å². The van der Waals surface area contributed by atoms with Crippen LogP contribution < -0.4 is 5.32 Å². The highest BCUT2D eigenvalue weighted by Gasteiger charge is 1.89. The highest BCUT2D eigenvalue weighted by atomic mass is 15.1. The Morgan fingerprint density at radius 1 is 0.786 bits per heavy atom. The molecule has 0 radical (unpaired) electrons. The minimum atomic E-state index is 1.19. The lowest BCUT2D eigenvalue weighted by atomic mass is 10.5. The molecule has 0 unspecified atom stereocenters. The Labute approximate surface area is 91.5 Å². The summed E-state index contributed by atoms with van der Waals surface area (Å²) in [5.41, 5.74) is 0. The van der Waals surface area contributed by atoms with Crippen LogP contribution in [0.5, 0.6) is 0 Å². The highest BCUT2D eigenvalue weighted by Crippen LogP contribution is 1.81. The van der Waals surface area contributed by atoms with Crippen molar-refractivity contribution in [2.75, 3.05) is 54.9 Å². The molecular weight excluding hydrogens is 174 g/mol. The van der Waals surface area contributed by atoms with E-state index in [1.165, 1.54) is 19.6 Å². The SMILES string of the molecule is CCN(CC)CC.CN(C)C.CNC. The normalized spacial score (nSPS) is 9.00. The van der Waals surface area contributed by atoms with Crippen LogP contribution in [0.25, 0.3) is 0 Å². The van der Waals surface area contributed by atoms with Crippen LogP contribution >= 0.6 is 0 Å². The van der Waals surface area contributed by atoms with E-state index in [2.05, 4.69) is 31.0 Å². The predicted molar refractivity (Wildman–Crippen MR) is 68.1 cm³/mol. The van der Waals surface area contributed by atoms with Crippen molar-refractivity contribution in [1.82, 2.24) is 15.1 Å². The summed E-state index contributed by atoms with van der Waals surface area (Å²) in [5, 5.41) is 2.75. The summed E-state index contributed by atoms with van der Waals surface area (Å²) in [5.74, 6) is 0. The van der Waals surface area contributed by atoms with Gasteiger partial charge < -0.3 is 15.1 Å². The molecule has 0 saturated carbocycles. The Morgan fingerprint density at radius 3 is 0.929 bits per heavy atom. The van der Waals surface area contributed by atoms with E-state index in [1.807, 2.05) is 40.1 Å². The van der Waals surface area contributed by atoms with Crippen molar-refractivity contribution < 1.29 is 0 Å². The molecule has 0 aliphatic carbocycles. The van der Waals surface area contributed by atoms with Crippen molar-refractivity contribution in [3.05, 3.63) is 0 Å². The van der Waals surface area contributed by atoms with Gasteiger partial charge in [-0.25, -0.2) is 0 Å². The zero-order chi connectivity index (χ0) is 12.0. The summed E-state index contributed by atoms with van der Waals surface area (Å²) in [6.07, 6.45) is 0. The largest absolute Gasteiger partial charge is 0.323 e. The third kappa shape index (κ3) is 40.7. The molecule has 0 fully saturated rings. The van der Waals surface area contributed by atoms with Gasteiger partial charge in [0.05, 0.1) is 0 Å². The number of rotatable bonds is 3. The van der Waals surface area contributed by atoms with Gasteiger partial charge in [0.25, 0.3) is 0 Å². The second-order valence-electron chi connectivity index (χ2n) is 3.46. The lowest BCUT2D eigenvalue weighted by Crippen LogP contribution is -2.21. The monoisotopic (exact) mass is 205 g/mol. The molecule has 3 heteroatoms. The van der Waals surface area contributed by atoms with E-state index >= 15 is 0 Å². The van der Waals surface area contributed by atoms with Crippen LogP contribution in [0.4, 0.5) is 0 Å². The van der Waals surface area contributed by atoms with Gasteiger partial charge in [0.15, 0.2) is 0 Å². The molecule has 90 valence electrons. The molecule has 0 aliphatic rings. The summed E-state index contributed by atoms with van der Waals surface area (Å²) in [6.45, 7) is 10.1. The van der Waals surface area contributed by atoms with Crippen molar-refractivity contribution in [3.63, 3.8) is 0 Å². The van der Waals surface area contributed by atoms with E-state index in [0.29, 0.717) is 0 Å². The first-order valence-corrected chi connectivity index (χ1v) is 5.41. The summed E-state index contributed by atoms with van der Waals surface area (Å²) in [6, 6.07) is 0. The molecule has 0 aromatic heterocycles. The Morgan fingerprint density at radius 2 is 0.929 bits per heavy atom. The molecule has 3 nitrogen and oxygen atoms in total. The van der Waals surface area contributed by atoms with Gasteiger partial charge in [-0.1, -0.05) is 20.8 Å². The standard InChI is InChI=1S/C6H15N.C3H9N.C2H7N/c1-4-7(5-2)6-3;1-4(2)3;1-3-2/h4-6H2,1-3H3;1-3H3;3H,1-2H3. The highest BCUT2D eigenvalue weighted by molar-refractivity contribution is 4.43. The Bertz CT molecular complexity index is 62.7. The maximum atomic E-state index is 2.75. The minimum Gasteiger partial charge on any atom is -0.323 e. The number of nitrogens with one attached hydrogen (secondary N) is 1. The van der Waals surface area contributed by atoms with Gasteiger partial charge >= 0.3 is 0 Å². The van der Waals surface area contributed by atoms with Crippen LogP contribution in [0.1, 0.15) is 20.8 Å². The third-order valence-electron chi connectivity index (χ3n) is 1.34. The Kier molecular flexibility index (Phi) is 25.9. The molecule has 0 spiro atoms. The summed E-state index contributed by atoms with van der Waals surface area (Å²) in [4.78, 5) is 4.38. The van der Waals surface area contributed by atoms with Gasteiger partial charge in [0, 0.05) is 0 Å². The van der Waals surface area contributed by atoms with E-state index in [-0.39, 0.29) is 0 Å². The number of nitrogens with zero attached hydrogens (tertiary/aromatic N) is 2. The zero-order valence-corrected chi connectivity index (χ0v) is 11.5. The van der Waals surface area contributed by atoms with Crippen LogP contribution in [-0.2, 0) is 0 Å². The van der Waals surface area contributed by atoms with Crippen LogP contribution in [0.3, 0.4) is 0 Å². The molecule has 0 amide bonds.